The normalized spacial score (nSPS) is 27.8. The Bertz CT molecular complexity index is 1140. The predicted octanol–water partition coefficient (Wildman–Crippen LogP) is 4.68. The lowest BCUT2D eigenvalue weighted by Gasteiger charge is -2.69. The van der Waals surface area contributed by atoms with Gasteiger partial charge in [0.15, 0.2) is 33.2 Å². The van der Waals surface area contributed by atoms with E-state index in [-0.39, 0.29) is 55.9 Å². The highest BCUT2D eigenvalue weighted by atomic mass is 16.9. The van der Waals surface area contributed by atoms with Gasteiger partial charge in [0.05, 0.1) is 38.5 Å². The number of ketones is 3. The highest BCUT2D eigenvalue weighted by molar-refractivity contribution is 5.82. The second-order valence-corrected chi connectivity index (χ2v) is 17.3. The molecule has 0 aromatic rings. The summed E-state index contributed by atoms with van der Waals surface area (Å²) in [5, 5.41) is 1.65. The van der Waals surface area contributed by atoms with Gasteiger partial charge in [0.25, 0.3) is 0 Å². The number of hydrogen-bond acceptors (Lipinski definition) is 10. The fourth-order valence-corrected chi connectivity index (χ4v) is 9.58. The summed E-state index contributed by atoms with van der Waals surface area (Å²) in [7, 11) is 0. The predicted molar refractivity (Wildman–Crippen MR) is 165 cm³/mol. The van der Waals surface area contributed by atoms with Gasteiger partial charge in [-0.2, -0.15) is 0 Å². The van der Waals surface area contributed by atoms with Crippen molar-refractivity contribution < 1.29 is 57.5 Å². The molecule has 0 amide bonds. The molecule has 3 saturated heterocycles. The molecule has 0 radical (unpaired) electrons. The Labute approximate surface area is 273 Å². The third-order valence-corrected chi connectivity index (χ3v) is 10.2. The highest BCUT2D eigenvalue weighted by Crippen LogP contribution is 2.62. The Kier molecular flexibility index (Phi) is 8.93. The average Bonchev–Trinajstić information content (AvgIpc) is 2.75. The number of piperidine rings is 3. The molecule has 0 atom stereocenters. The molecule has 3 fully saturated rings. The van der Waals surface area contributed by atoms with Crippen molar-refractivity contribution in [2.24, 2.45) is 0 Å². The first kappa shape index (κ1) is 37.7. The number of quaternary nitrogens is 3. The molecule has 13 nitrogen and oxygen atoms in total. The first-order chi connectivity index (χ1) is 20.4. The van der Waals surface area contributed by atoms with E-state index >= 15 is 0 Å². The van der Waals surface area contributed by atoms with Crippen molar-refractivity contribution in [1.29, 1.82) is 0 Å². The molecular formula is C33H57N4O9+3. The zero-order valence-corrected chi connectivity index (χ0v) is 30.7. The van der Waals surface area contributed by atoms with Crippen LogP contribution in [0, 0.1) is 0 Å². The molecule has 3 heterocycles. The molecule has 0 saturated carbocycles. The van der Waals surface area contributed by atoms with Gasteiger partial charge in [-0.05, 0) is 83.1 Å². The van der Waals surface area contributed by atoms with Crippen LogP contribution in [0.4, 0.5) is 0 Å². The van der Waals surface area contributed by atoms with Crippen LogP contribution in [-0.4, -0.2) is 88.0 Å². The number of hydrogen-bond donors (Lipinski definition) is 0. The van der Waals surface area contributed by atoms with E-state index in [9.17, 15) is 28.8 Å². The second-order valence-electron chi connectivity index (χ2n) is 17.3. The molecule has 13 heteroatoms. The van der Waals surface area contributed by atoms with E-state index in [4.69, 9.17) is 14.5 Å². The molecule has 3 rings (SSSR count). The largest absolute Gasteiger partial charge is 0.366 e. The first-order valence-electron chi connectivity index (χ1n) is 16.1. The van der Waals surface area contributed by atoms with Gasteiger partial charge in [-0.3, -0.25) is 14.4 Å². The Morgan fingerprint density at radius 1 is 0.435 bits per heavy atom. The molecule has 3 aliphatic rings. The van der Waals surface area contributed by atoms with Gasteiger partial charge in [-0.1, -0.05) is 0 Å². The maximum absolute atomic E-state index is 13.6. The molecule has 0 aliphatic carbocycles. The monoisotopic (exact) mass is 653 g/mol. The van der Waals surface area contributed by atoms with Crippen LogP contribution in [0.3, 0.4) is 0 Å². The molecule has 0 aromatic heterocycles. The smallest absolute Gasteiger partial charge is 0.299 e. The van der Waals surface area contributed by atoms with Crippen LogP contribution in [0.15, 0.2) is 0 Å². The van der Waals surface area contributed by atoms with Crippen molar-refractivity contribution in [3.63, 3.8) is 0 Å². The summed E-state index contributed by atoms with van der Waals surface area (Å²) in [6, 6.07) is 0. The van der Waals surface area contributed by atoms with Crippen LogP contribution in [0.1, 0.15) is 142 Å². The van der Waals surface area contributed by atoms with E-state index in [0.717, 1.165) is 0 Å². The lowest BCUT2D eigenvalue weighted by Crippen LogP contribution is -3.00. The molecule has 3 aliphatic heterocycles. The van der Waals surface area contributed by atoms with Crippen molar-refractivity contribution in [2.75, 3.05) is 0 Å². The Morgan fingerprint density at radius 3 is 0.717 bits per heavy atom. The topological polar surface area (TPSA) is 133 Å². The minimum absolute atomic E-state index is 0.0556. The van der Waals surface area contributed by atoms with Gasteiger partial charge in [-0.25, -0.2) is 28.9 Å². The second kappa shape index (κ2) is 10.9. The van der Waals surface area contributed by atoms with E-state index < -0.39 is 65.4 Å². The van der Waals surface area contributed by atoms with E-state index in [0.29, 0.717) is 0 Å². The summed E-state index contributed by atoms with van der Waals surface area (Å²) in [5.74, 6) is -2.32. The van der Waals surface area contributed by atoms with Crippen LogP contribution in [0.5, 0.6) is 0 Å². The number of carbonyl (C=O) groups excluding carboxylic acids is 6. The summed E-state index contributed by atoms with van der Waals surface area (Å²) in [6.45, 7) is 25.3. The zero-order valence-electron chi connectivity index (χ0n) is 30.7. The van der Waals surface area contributed by atoms with Gasteiger partial charge in [0.2, 0.25) is 0 Å². The maximum Gasteiger partial charge on any atom is 0.366 e. The molecule has 0 bridgehead atoms. The lowest BCUT2D eigenvalue weighted by atomic mass is 9.77. The van der Waals surface area contributed by atoms with Crippen molar-refractivity contribution in [1.82, 2.24) is 5.23 Å². The van der Waals surface area contributed by atoms with Crippen LogP contribution in [0.2, 0.25) is 0 Å². The molecule has 0 N–H and O–H groups in total. The fourth-order valence-electron chi connectivity index (χ4n) is 9.58. The van der Waals surface area contributed by atoms with Gasteiger partial charge < -0.3 is 0 Å². The Balaban J connectivity index is 2.90. The minimum Gasteiger partial charge on any atom is -0.299 e. The summed E-state index contributed by atoms with van der Waals surface area (Å²) in [6.07, 6.45) is -0.334. The van der Waals surface area contributed by atoms with E-state index in [1.807, 2.05) is 0 Å². The van der Waals surface area contributed by atoms with Gasteiger partial charge >= 0.3 is 23.1 Å². The quantitative estimate of drug-likeness (QED) is 0.372. The summed E-state index contributed by atoms with van der Waals surface area (Å²) in [5.41, 5.74) is -7.65. The number of rotatable bonds is 6. The maximum atomic E-state index is 13.6. The first-order valence-corrected chi connectivity index (χ1v) is 16.1. The number of carbonyl (C=O) groups is 6. The van der Waals surface area contributed by atoms with Crippen LogP contribution in [0.25, 0.3) is 0 Å². The van der Waals surface area contributed by atoms with Crippen molar-refractivity contribution in [3.8, 4) is 0 Å². The molecule has 46 heavy (non-hydrogen) atoms. The Hall–Kier alpha value is -2.74. The van der Waals surface area contributed by atoms with E-state index in [1.54, 1.807) is 88.3 Å². The third kappa shape index (κ3) is 5.12. The molecule has 0 spiro atoms. The number of Topliss-reactive ketones (excluding diaryl/α,β-unsaturated/α-hetero) is 3. The van der Waals surface area contributed by atoms with Crippen molar-refractivity contribution in [2.45, 2.75) is 176 Å². The lowest BCUT2D eigenvalue weighted by molar-refractivity contribution is -1.58. The molecule has 0 aromatic carbocycles. The summed E-state index contributed by atoms with van der Waals surface area (Å²) in [4.78, 5) is 101. The number of nitrogens with zero attached hydrogens (tertiary/aromatic N) is 4. The summed E-state index contributed by atoms with van der Waals surface area (Å²) >= 11 is 0. The van der Waals surface area contributed by atoms with Crippen molar-refractivity contribution >= 4 is 35.3 Å². The van der Waals surface area contributed by atoms with Crippen LogP contribution < -0.4 is 0 Å². The third-order valence-electron chi connectivity index (χ3n) is 10.2. The molecule has 0 unspecified atom stereocenters. The SMILES string of the molecule is CC(=O)O[N+]1(N([N+]2(OC(C)=O)C(C)(C)CC(=O)CC2(C)C)[N+]2(OC(C)=O)C(C)(C)CC(=O)CC2(C)C)C(C)(C)CC(=O)CC1(C)C. The molecule has 260 valence electrons. The fraction of sp³-hybridized carbons (Fsp3) is 0.818. The van der Waals surface area contributed by atoms with E-state index in [1.165, 1.54) is 20.8 Å². The molecular weight excluding hydrogens is 596 g/mol. The Morgan fingerprint density at radius 2 is 0.587 bits per heavy atom. The minimum atomic E-state index is -1.28. The van der Waals surface area contributed by atoms with Crippen LogP contribution >= 0.6 is 0 Å². The van der Waals surface area contributed by atoms with Crippen molar-refractivity contribution in [3.05, 3.63) is 0 Å². The highest BCUT2D eigenvalue weighted by Gasteiger charge is 2.91. The van der Waals surface area contributed by atoms with E-state index in [2.05, 4.69) is 0 Å². The summed E-state index contributed by atoms with van der Waals surface area (Å²) < 4.78 is -2.32. The average molecular weight is 654 g/mol. The van der Waals surface area contributed by atoms with Gasteiger partial charge in [-0.15, -0.1) is 0 Å². The standard InChI is InChI=1S/C33H57N4O9/c1-22(38)44-35(28(4,5)16-25(41)17-29(35,6)7)34(36(45-23(2)39)30(8,9)18-26(42)19-31(36,10)11)37(46-24(3)40)32(12,13)20-27(43)21-33(37,14)15/h16-21H2,1-15H3/q+3. The van der Waals surface area contributed by atoms with Gasteiger partial charge in [0, 0.05) is 35.0 Å². The van der Waals surface area contributed by atoms with Gasteiger partial charge in [0.1, 0.15) is 17.3 Å². The zero-order chi connectivity index (χ0) is 35.9. The number of hydroxylamine groups is 6. The van der Waals surface area contributed by atoms with Crippen LogP contribution in [-0.2, 0) is 43.3 Å².